The summed E-state index contributed by atoms with van der Waals surface area (Å²) in [4.78, 5) is 0. The van der Waals surface area contributed by atoms with Crippen LogP contribution in [0.15, 0.2) is 30.4 Å². The fourth-order valence-corrected chi connectivity index (χ4v) is 1.95. The molecule has 0 aliphatic heterocycles. The molecule has 3 heteroatoms. The lowest BCUT2D eigenvalue weighted by atomic mass is 10.2. The van der Waals surface area contributed by atoms with E-state index in [9.17, 15) is 0 Å². The standard InChI is InChI=1S/C14H20N2O/c1-10(2)17-14-9-12(7-8-13(14)15)16-11-5-3-4-6-11/h3-4,7-11,16H,5-6,15H2,1-2H3. The Hall–Kier alpha value is -1.64. The van der Waals surface area contributed by atoms with Crippen LogP contribution in [0.3, 0.4) is 0 Å². The lowest BCUT2D eigenvalue weighted by Crippen LogP contribution is -2.15. The van der Waals surface area contributed by atoms with E-state index in [1.165, 1.54) is 0 Å². The predicted molar refractivity (Wildman–Crippen MR) is 72.4 cm³/mol. The van der Waals surface area contributed by atoms with E-state index < -0.39 is 0 Å². The first-order chi connectivity index (χ1) is 8.15. The van der Waals surface area contributed by atoms with Crippen molar-refractivity contribution in [2.75, 3.05) is 11.1 Å². The summed E-state index contributed by atoms with van der Waals surface area (Å²) in [5.74, 6) is 0.760. The molecule has 0 heterocycles. The van der Waals surface area contributed by atoms with Crippen LogP contribution in [-0.2, 0) is 0 Å². The molecule has 0 fully saturated rings. The van der Waals surface area contributed by atoms with Crippen LogP contribution in [0.1, 0.15) is 26.7 Å². The molecule has 1 aromatic carbocycles. The van der Waals surface area contributed by atoms with Crippen molar-refractivity contribution in [2.24, 2.45) is 0 Å². The number of hydrogen-bond donors (Lipinski definition) is 2. The van der Waals surface area contributed by atoms with Gasteiger partial charge in [0.2, 0.25) is 0 Å². The van der Waals surface area contributed by atoms with Crippen LogP contribution in [0.5, 0.6) is 5.75 Å². The Morgan fingerprint density at radius 1 is 1.29 bits per heavy atom. The van der Waals surface area contributed by atoms with Crippen LogP contribution in [0.4, 0.5) is 11.4 Å². The highest BCUT2D eigenvalue weighted by molar-refractivity contribution is 5.61. The molecule has 0 radical (unpaired) electrons. The molecule has 0 amide bonds. The second-order valence-corrected chi connectivity index (χ2v) is 4.70. The first-order valence-corrected chi connectivity index (χ1v) is 6.13. The van der Waals surface area contributed by atoms with Crippen molar-refractivity contribution in [1.29, 1.82) is 0 Å². The normalized spacial score (nSPS) is 15.5. The Morgan fingerprint density at radius 2 is 2.00 bits per heavy atom. The third-order valence-electron chi connectivity index (χ3n) is 2.75. The van der Waals surface area contributed by atoms with Crippen molar-refractivity contribution in [3.8, 4) is 5.75 Å². The summed E-state index contributed by atoms with van der Waals surface area (Å²) >= 11 is 0. The number of hydrogen-bond acceptors (Lipinski definition) is 3. The lowest BCUT2D eigenvalue weighted by Gasteiger charge is -2.17. The molecule has 1 aromatic rings. The molecule has 0 aromatic heterocycles. The predicted octanol–water partition coefficient (Wildman–Crippen LogP) is 3.19. The smallest absolute Gasteiger partial charge is 0.144 e. The van der Waals surface area contributed by atoms with Crippen molar-refractivity contribution >= 4 is 11.4 Å². The van der Waals surface area contributed by atoms with Crippen LogP contribution < -0.4 is 15.8 Å². The Balaban J connectivity index is 2.07. The molecule has 0 saturated heterocycles. The van der Waals surface area contributed by atoms with Gasteiger partial charge in [0.15, 0.2) is 0 Å². The molecular formula is C14H20N2O. The minimum absolute atomic E-state index is 0.140. The number of ether oxygens (including phenoxy) is 1. The summed E-state index contributed by atoms with van der Waals surface area (Å²) in [5, 5.41) is 3.48. The number of rotatable bonds is 4. The van der Waals surface area contributed by atoms with Gasteiger partial charge in [-0.15, -0.1) is 0 Å². The van der Waals surface area contributed by atoms with Gasteiger partial charge in [0.25, 0.3) is 0 Å². The molecule has 0 unspecified atom stereocenters. The molecule has 0 spiro atoms. The SMILES string of the molecule is CC(C)Oc1cc(NC2CC=CC2)ccc1N. The van der Waals surface area contributed by atoms with Gasteiger partial charge in [-0.1, -0.05) is 12.2 Å². The number of anilines is 2. The van der Waals surface area contributed by atoms with Crippen molar-refractivity contribution in [3.63, 3.8) is 0 Å². The van der Waals surface area contributed by atoms with Gasteiger partial charge in [-0.2, -0.15) is 0 Å². The summed E-state index contributed by atoms with van der Waals surface area (Å²) in [6.45, 7) is 4.00. The molecule has 1 aliphatic carbocycles. The van der Waals surface area contributed by atoms with E-state index in [4.69, 9.17) is 10.5 Å². The zero-order valence-corrected chi connectivity index (χ0v) is 10.4. The van der Waals surface area contributed by atoms with E-state index in [1.54, 1.807) is 0 Å². The fraction of sp³-hybridized carbons (Fsp3) is 0.429. The molecule has 3 N–H and O–H groups in total. The van der Waals surface area contributed by atoms with Gasteiger partial charge in [-0.25, -0.2) is 0 Å². The van der Waals surface area contributed by atoms with Crippen molar-refractivity contribution < 1.29 is 4.74 Å². The molecule has 92 valence electrons. The first kappa shape index (κ1) is 11.8. The summed E-state index contributed by atoms with van der Waals surface area (Å²) in [6.07, 6.45) is 6.73. The number of benzene rings is 1. The van der Waals surface area contributed by atoms with Gasteiger partial charge in [0.05, 0.1) is 11.8 Å². The summed E-state index contributed by atoms with van der Waals surface area (Å²) in [7, 11) is 0. The molecule has 3 nitrogen and oxygen atoms in total. The minimum atomic E-state index is 0.140. The van der Waals surface area contributed by atoms with Crippen LogP contribution in [0.25, 0.3) is 0 Å². The highest BCUT2D eigenvalue weighted by atomic mass is 16.5. The van der Waals surface area contributed by atoms with Gasteiger partial charge in [-0.3, -0.25) is 0 Å². The molecular weight excluding hydrogens is 212 g/mol. The van der Waals surface area contributed by atoms with Gasteiger partial charge < -0.3 is 15.8 Å². The van der Waals surface area contributed by atoms with Gasteiger partial charge in [0, 0.05) is 17.8 Å². The van der Waals surface area contributed by atoms with E-state index in [0.29, 0.717) is 11.7 Å². The molecule has 2 rings (SSSR count). The topological polar surface area (TPSA) is 47.3 Å². The van der Waals surface area contributed by atoms with E-state index >= 15 is 0 Å². The van der Waals surface area contributed by atoms with Gasteiger partial charge in [0.1, 0.15) is 5.75 Å². The lowest BCUT2D eigenvalue weighted by molar-refractivity contribution is 0.244. The molecule has 17 heavy (non-hydrogen) atoms. The zero-order valence-electron chi connectivity index (χ0n) is 10.4. The third-order valence-corrected chi connectivity index (χ3v) is 2.75. The van der Waals surface area contributed by atoms with E-state index in [2.05, 4.69) is 17.5 Å². The monoisotopic (exact) mass is 232 g/mol. The Labute approximate surface area is 103 Å². The van der Waals surface area contributed by atoms with Crippen LogP contribution in [0, 0.1) is 0 Å². The highest BCUT2D eigenvalue weighted by Crippen LogP contribution is 2.28. The average molecular weight is 232 g/mol. The zero-order chi connectivity index (χ0) is 12.3. The minimum Gasteiger partial charge on any atom is -0.489 e. The van der Waals surface area contributed by atoms with Crippen molar-refractivity contribution in [1.82, 2.24) is 0 Å². The van der Waals surface area contributed by atoms with Crippen LogP contribution >= 0.6 is 0 Å². The second kappa shape index (κ2) is 5.13. The average Bonchev–Trinajstić information content (AvgIpc) is 2.75. The summed E-state index contributed by atoms with van der Waals surface area (Å²) < 4.78 is 5.67. The molecule has 0 saturated carbocycles. The first-order valence-electron chi connectivity index (χ1n) is 6.13. The maximum Gasteiger partial charge on any atom is 0.144 e. The van der Waals surface area contributed by atoms with E-state index in [0.717, 1.165) is 24.3 Å². The Morgan fingerprint density at radius 3 is 2.65 bits per heavy atom. The van der Waals surface area contributed by atoms with Gasteiger partial charge in [-0.05, 0) is 38.8 Å². The Kier molecular flexibility index (Phi) is 3.57. The summed E-state index contributed by atoms with van der Waals surface area (Å²) in [5.41, 5.74) is 7.64. The summed E-state index contributed by atoms with van der Waals surface area (Å²) in [6, 6.07) is 6.38. The fourth-order valence-electron chi connectivity index (χ4n) is 1.95. The van der Waals surface area contributed by atoms with Crippen LogP contribution in [-0.4, -0.2) is 12.1 Å². The molecule has 0 atom stereocenters. The van der Waals surface area contributed by atoms with Crippen molar-refractivity contribution in [3.05, 3.63) is 30.4 Å². The van der Waals surface area contributed by atoms with Crippen molar-refractivity contribution in [2.45, 2.75) is 38.8 Å². The number of nitrogens with two attached hydrogens (primary N) is 1. The van der Waals surface area contributed by atoms with Crippen LogP contribution in [0.2, 0.25) is 0 Å². The maximum absolute atomic E-state index is 5.88. The van der Waals surface area contributed by atoms with E-state index in [1.807, 2.05) is 32.0 Å². The largest absolute Gasteiger partial charge is 0.489 e. The van der Waals surface area contributed by atoms with E-state index in [-0.39, 0.29) is 6.10 Å². The maximum atomic E-state index is 5.88. The molecule has 1 aliphatic rings. The number of nitrogens with one attached hydrogen (secondary N) is 1. The second-order valence-electron chi connectivity index (χ2n) is 4.70. The molecule has 0 bridgehead atoms. The third kappa shape index (κ3) is 3.16. The highest BCUT2D eigenvalue weighted by Gasteiger charge is 2.11. The van der Waals surface area contributed by atoms with Gasteiger partial charge >= 0.3 is 0 Å². The Bertz CT molecular complexity index is 405. The quantitative estimate of drug-likeness (QED) is 0.619. The number of nitrogen functional groups attached to an aromatic ring is 1.